The fourth-order valence-electron chi connectivity index (χ4n) is 2.08. The smallest absolute Gasteiger partial charge is 0.179 e. The molecule has 0 heterocycles. The second-order valence-corrected chi connectivity index (χ2v) is 8.64. The Morgan fingerprint density at radius 3 is 2.00 bits per heavy atom. The molecule has 0 radical (unpaired) electrons. The van der Waals surface area contributed by atoms with Gasteiger partial charge in [0.2, 0.25) is 0 Å². The molecule has 0 aliphatic carbocycles. The monoisotopic (exact) mass is 424 g/mol. The molecule has 0 aliphatic rings. The van der Waals surface area contributed by atoms with Gasteiger partial charge < -0.3 is 0 Å². The van der Waals surface area contributed by atoms with Crippen LogP contribution >= 0.6 is 31.9 Å². The van der Waals surface area contributed by atoms with Crippen molar-refractivity contribution in [2.75, 3.05) is 11.1 Å². The first-order valence-electron chi connectivity index (χ1n) is 7.11. The van der Waals surface area contributed by atoms with Crippen LogP contribution in [0.25, 0.3) is 0 Å². The predicted octanol–water partition coefficient (Wildman–Crippen LogP) is 5.35. The van der Waals surface area contributed by atoms with Gasteiger partial charge in [-0.1, -0.05) is 60.2 Å². The molecule has 0 aromatic heterocycles. The summed E-state index contributed by atoms with van der Waals surface area (Å²) in [6.07, 6.45) is 7.84. The summed E-state index contributed by atoms with van der Waals surface area (Å²) in [6.45, 7) is 0. The molecule has 0 aliphatic heterocycles. The van der Waals surface area contributed by atoms with Crippen LogP contribution in [0.4, 0.5) is 0 Å². The third-order valence-corrected chi connectivity index (χ3v) is 6.59. The molecule has 0 spiro atoms. The Hall–Kier alpha value is 0.130. The van der Waals surface area contributed by atoms with E-state index in [1.54, 1.807) is 18.2 Å². The average molecular weight is 426 g/mol. The minimum absolute atomic E-state index is 0.247. The van der Waals surface area contributed by atoms with E-state index in [0.717, 1.165) is 24.6 Å². The minimum Gasteiger partial charge on any atom is -0.224 e. The molecule has 1 aromatic rings. The van der Waals surface area contributed by atoms with Gasteiger partial charge in [-0.2, -0.15) is 0 Å². The number of hydrogen-bond donors (Lipinski definition) is 0. The van der Waals surface area contributed by atoms with E-state index >= 15 is 0 Å². The topological polar surface area (TPSA) is 34.1 Å². The quantitative estimate of drug-likeness (QED) is 0.374. The molecule has 1 rings (SSSR count). The summed E-state index contributed by atoms with van der Waals surface area (Å²) in [5, 5.41) is 1.08. The molecular weight excluding hydrogens is 404 g/mol. The number of rotatable bonds is 10. The molecule has 0 fully saturated rings. The highest BCUT2D eigenvalue weighted by molar-refractivity contribution is 9.10. The summed E-state index contributed by atoms with van der Waals surface area (Å²) in [6, 6.07) is 7.04. The Balaban J connectivity index is 2.26. The van der Waals surface area contributed by atoms with Gasteiger partial charge in [0.15, 0.2) is 9.84 Å². The fraction of sp³-hybridized carbons (Fsp3) is 0.600. The van der Waals surface area contributed by atoms with Crippen LogP contribution in [0.3, 0.4) is 0 Å². The summed E-state index contributed by atoms with van der Waals surface area (Å²) < 4.78 is 25.0. The first kappa shape index (κ1) is 18.2. The van der Waals surface area contributed by atoms with Crippen LogP contribution < -0.4 is 0 Å². The maximum absolute atomic E-state index is 12.2. The Labute approximate surface area is 139 Å². The van der Waals surface area contributed by atoms with Crippen LogP contribution in [0.15, 0.2) is 33.6 Å². The molecule has 0 saturated carbocycles. The molecular formula is C15H22Br2O2S. The Morgan fingerprint density at radius 1 is 0.850 bits per heavy atom. The van der Waals surface area contributed by atoms with Crippen LogP contribution in [0, 0.1) is 0 Å². The highest BCUT2D eigenvalue weighted by Crippen LogP contribution is 2.23. The number of hydrogen-bond acceptors (Lipinski definition) is 2. The van der Waals surface area contributed by atoms with E-state index in [4.69, 9.17) is 0 Å². The van der Waals surface area contributed by atoms with Crippen molar-refractivity contribution in [3.8, 4) is 0 Å². The second-order valence-electron chi connectivity index (χ2n) is 4.91. The zero-order valence-corrected chi connectivity index (χ0v) is 15.6. The van der Waals surface area contributed by atoms with Gasteiger partial charge in [0.05, 0.1) is 10.6 Å². The van der Waals surface area contributed by atoms with Gasteiger partial charge in [-0.3, -0.25) is 0 Å². The lowest BCUT2D eigenvalue weighted by molar-refractivity contribution is 0.579. The number of sulfone groups is 1. The van der Waals surface area contributed by atoms with Crippen molar-refractivity contribution in [1.82, 2.24) is 0 Å². The van der Waals surface area contributed by atoms with E-state index in [0.29, 0.717) is 9.37 Å². The fourth-order valence-corrected chi connectivity index (χ4v) is 4.95. The number of unbranched alkanes of at least 4 members (excludes halogenated alkanes) is 6. The normalized spacial score (nSPS) is 11.7. The van der Waals surface area contributed by atoms with Gasteiger partial charge in [-0.05, 0) is 40.9 Å². The zero-order valence-electron chi connectivity index (χ0n) is 11.7. The van der Waals surface area contributed by atoms with Crippen molar-refractivity contribution in [1.29, 1.82) is 0 Å². The number of alkyl halides is 1. The van der Waals surface area contributed by atoms with E-state index in [1.807, 2.05) is 6.07 Å². The Kier molecular flexibility index (Phi) is 9.05. The third-order valence-electron chi connectivity index (χ3n) is 3.22. The maximum atomic E-state index is 12.2. The Bertz CT molecular complexity index is 486. The number of halogens is 2. The molecule has 1 aromatic carbocycles. The van der Waals surface area contributed by atoms with Crippen LogP contribution in [0.1, 0.15) is 44.9 Å². The van der Waals surface area contributed by atoms with Crippen molar-refractivity contribution < 1.29 is 8.42 Å². The van der Waals surface area contributed by atoms with Gasteiger partial charge in [0.1, 0.15) is 0 Å². The average Bonchev–Trinajstić information content (AvgIpc) is 2.42. The predicted molar refractivity (Wildman–Crippen MR) is 92.3 cm³/mol. The maximum Gasteiger partial charge on any atom is 0.179 e. The SMILES string of the molecule is O=S(=O)(CCCCCCCCCBr)c1ccccc1Br. The molecule has 0 bridgehead atoms. The molecule has 0 saturated heterocycles. The van der Waals surface area contributed by atoms with E-state index < -0.39 is 9.84 Å². The van der Waals surface area contributed by atoms with E-state index in [9.17, 15) is 8.42 Å². The van der Waals surface area contributed by atoms with Crippen LogP contribution in [-0.2, 0) is 9.84 Å². The first-order valence-corrected chi connectivity index (χ1v) is 10.7. The van der Waals surface area contributed by atoms with Gasteiger partial charge >= 0.3 is 0 Å². The van der Waals surface area contributed by atoms with Gasteiger partial charge in [0.25, 0.3) is 0 Å². The zero-order chi connectivity index (χ0) is 14.8. The molecule has 5 heteroatoms. The molecule has 114 valence electrons. The van der Waals surface area contributed by atoms with E-state index in [2.05, 4.69) is 31.9 Å². The minimum atomic E-state index is -3.15. The first-order chi connectivity index (χ1) is 9.58. The third kappa shape index (κ3) is 6.72. The molecule has 0 amide bonds. The summed E-state index contributed by atoms with van der Waals surface area (Å²) in [5.74, 6) is 0.247. The van der Waals surface area contributed by atoms with Crippen molar-refractivity contribution >= 4 is 41.7 Å². The van der Waals surface area contributed by atoms with Crippen LogP contribution in [-0.4, -0.2) is 19.5 Å². The van der Waals surface area contributed by atoms with Crippen molar-refractivity contribution in [3.05, 3.63) is 28.7 Å². The van der Waals surface area contributed by atoms with Crippen molar-refractivity contribution in [3.63, 3.8) is 0 Å². The summed E-state index contributed by atoms with van der Waals surface area (Å²) in [5.41, 5.74) is 0. The number of benzene rings is 1. The largest absolute Gasteiger partial charge is 0.224 e. The van der Waals surface area contributed by atoms with Gasteiger partial charge in [0, 0.05) is 9.80 Å². The van der Waals surface area contributed by atoms with Gasteiger partial charge in [-0.25, -0.2) is 8.42 Å². The Morgan fingerprint density at radius 2 is 1.40 bits per heavy atom. The summed E-state index contributed by atoms with van der Waals surface area (Å²) >= 11 is 6.73. The molecule has 20 heavy (non-hydrogen) atoms. The van der Waals surface area contributed by atoms with Crippen molar-refractivity contribution in [2.45, 2.75) is 49.8 Å². The highest BCUT2D eigenvalue weighted by Gasteiger charge is 2.16. The van der Waals surface area contributed by atoms with Crippen molar-refractivity contribution in [2.24, 2.45) is 0 Å². The lowest BCUT2D eigenvalue weighted by atomic mass is 10.1. The van der Waals surface area contributed by atoms with Gasteiger partial charge in [-0.15, -0.1) is 0 Å². The van der Waals surface area contributed by atoms with E-state index in [1.165, 1.54) is 25.7 Å². The summed E-state index contributed by atoms with van der Waals surface area (Å²) in [7, 11) is -3.15. The summed E-state index contributed by atoms with van der Waals surface area (Å²) in [4.78, 5) is 0.414. The molecule has 2 nitrogen and oxygen atoms in total. The lowest BCUT2D eigenvalue weighted by Crippen LogP contribution is -2.07. The second kappa shape index (κ2) is 9.96. The van der Waals surface area contributed by atoms with Crippen LogP contribution in [0.5, 0.6) is 0 Å². The standard InChI is InChI=1S/C15H22Br2O2S/c16-12-8-4-2-1-3-5-9-13-20(18,19)15-11-7-6-10-14(15)17/h6-7,10-11H,1-5,8-9,12-13H2. The molecule has 0 unspecified atom stereocenters. The van der Waals surface area contributed by atoms with Crippen LogP contribution in [0.2, 0.25) is 0 Å². The lowest BCUT2D eigenvalue weighted by Gasteiger charge is -2.06. The molecule has 0 N–H and O–H groups in total. The highest BCUT2D eigenvalue weighted by atomic mass is 79.9. The molecule has 0 atom stereocenters. The van der Waals surface area contributed by atoms with E-state index in [-0.39, 0.29) is 5.75 Å².